The first-order valence-electron chi connectivity index (χ1n) is 10.2. The van der Waals surface area contributed by atoms with E-state index in [4.69, 9.17) is 14.3 Å². The molecule has 0 aromatic carbocycles. The summed E-state index contributed by atoms with van der Waals surface area (Å²) in [7, 11) is -1.79. The lowest BCUT2D eigenvalue weighted by molar-refractivity contribution is 0.100. The van der Waals surface area contributed by atoms with Crippen LogP contribution in [0.2, 0.25) is 18.1 Å². The summed E-state index contributed by atoms with van der Waals surface area (Å²) in [6.07, 6.45) is -0.371. The zero-order valence-corrected chi connectivity index (χ0v) is 22.3. The maximum Gasteiger partial charge on any atom is 0.246 e. The van der Waals surface area contributed by atoms with E-state index in [-0.39, 0.29) is 11.1 Å². The lowest BCUT2D eigenvalue weighted by Crippen LogP contribution is -2.41. The molecule has 1 N–H and O–H groups in total. The Morgan fingerprint density at radius 2 is 1.86 bits per heavy atom. The second-order valence-electron chi connectivity index (χ2n) is 9.20. The summed E-state index contributed by atoms with van der Waals surface area (Å²) in [5, 5.41) is 14.8. The van der Waals surface area contributed by atoms with Crippen LogP contribution in [0.1, 0.15) is 54.2 Å². The normalized spacial score (nSPS) is 14.2. The van der Waals surface area contributed by atoms with Crippen molar-refractivity contribution in [1.82, 2.24) is 14.7 Å². The fraction of sp³-hybridized carbons (Fsp3) is 0.850. The lowest BCUT2D eigenvalue weighted by Gasteiger charge is -2.36. The first kappa shape index (κ1) is 25.9. The molecule has 0 aliphatic carbocycles. The third-order valence-electron chi connectivity index (χ3n) is 5.40. The van der Waals surface area contributed by atoms with Gasteiger partial charge in [-0.15, -0.1) is 5.10 Å². The number of aliphatic hydroxyl groups is 1. The Hall–Kier alpha value is -0.163. The van der Waals surface area contributed by atoms with Gasteiger partial charge in [-0.2, -0.15) is 0 Å². The molecule has 1 aromatic rings. The minimum Gasteiger partial charge on any atom is -0.476 e. The SMILES string of the molecule is CCOc1nn(CCO[Si](C)(C)C(C)(C)C)c(CN(C[C@@H](C)O)C(C)C)c1I. The molecule has 1 heterocycles. The molecule has 0 spiro atoms. The molecule has 0 radical (unpaired) electrons. The van der Waals surface area contributed by atoms with E-state index in [0.717, 1.165) is 15.8 Å². The summed E-state index contributed by atoms with van der Waals surface area (Å²) in [5.41, 5.74) is 1.12. The Kier molecular flexibility index (Phi) is 9.93. The summed E-state index contributed by atoms with van der Waals surface area (Å²) in [6, 6.07) is 0.327. The van der Waals surface area contributed by atoms with Gasteiger partial charge in [-0.05, 0) is 68.4 Å². The van der Waals surface area contributed by atoms with Crippen molar-refractivity contribution >= 4 is 30.9 Å². The van der Waals surface area contributed by atoms with Gasteiger partial charge in [0.1, 0.15) is 0 Å². The highest BCUT2D eigenvalue weighted by molar-refractivity contribution is 14.1. The van der Waals surface area contributed by atoms with E-state index in [9.17, 15) is 5.11 Å². The molecule has 0 unspecified atom stereocenters. The van der Waals surface area contributed by atoms with E-state index in [0.29, 0.717) is 38.2 Å². The smallest absolute Gasteiger partial charge is 0.246 e. The molecule has 0 aliphatic heterocycles. The van der Waals surface area contributed by atoms with Crippen molar-refractivity contribution in [2.24, 2.45) is 0 Å². The Morgan fingerprint density at radius 1 is 1.25 bits per heavy atom. The predicted octanol–water partition coefficient (Wildman–Crippen LogP) is 4.50. The van der Waals surface area contributed by atoms with Gasteiger partial charge in [-0.3, -0.25) is 9.58 Å². The van der Waals surface area contributed by atoms with Crippen molar-refractivity contribution < 1.29 is 14.3 Å². The van der Waals surface area contributed by atoms with Gasteiger partial charge in [0.2, 0.25) is 5.88 Å². The zero-order chi connectivity index (χ0) is 21.7. The van der Waals surface area contributed by atoms with Gasteiger partial charge < -0.3 is 14.3 Å². The summed E-state index contributed by atoms with van der Waals surface area (Å²) < 4.78 is 15.2. The summed E-state index contributed by atoms with van der Waals surface area (Å²) in [6.45, 7) is 22.7. The number of nitrogens with zero attached hydrogens (tertiary/aromatic N) is 3. The minimum atomic E-state index is -1.79. The fourth-order valence-electron chi connectivity index (χ4n) is 2.61. The molecule has 0 bridgehead atoms. The number of hydrogen-bond acceptors (Lipinski definition) is 5. The standard InChI is InChI=1S/C20H40IN3O3Si/c1-10-26-19-18(21)17(14-23(15(2)3)13-16(4)25)24(22-19)11-12-27-28(8,9)20(5,6)7/h15-16,25H,10-14H2,1-9H3/t16-/m1/s1. The van der Waals surface area contributed by atoms with Crippen LogP contribution in [0.25, 0.3) is 0 Å². The average Bonchev–Trinajstić information content (AvgIpc) is 2.82. The van der Waals surface area contributed by atoms with Crippen LogP contribution in [-0.2, 0) is 17.5 Å². The van der Waals surface area contributed by atoms with Crippen molar-refractivity contribution in [2.45, 2.75) is 91.8 Å². The quantitative estimate of drug-likeness (QED) is 0.341. The van der Waals surface area contributed by atoms with E-state index >= 15 is 0 Å². The van der Waals surface area contributed by atoms with Crippen LogP contribution >= 0.6 is 22.6 Å². The van der Waals surface area contributed by atoms with Gasteiger partial charge in [0.15, 0.2) is 8.32 Å². The Labute approximate surface area is 186 Å². The number of rotatable bonds is 11. The number of aliphatic hydroxyl groups excluding tert-OH is 1. The van der Waals surface area contributed by atoms with Crippen LogP contribution < -0.4 is 4.74 Å². The Bertz CT molecular complexity index is 613. The molecule has 1 rings (SSSR count). The molecule has 1 aromatic heterocycles. The lowest BCUT2D eigenvalue weighted by atomic mass is 10.2. The third-order valence-corrected chi connectivity index (χ3v) is 11.0. The maximum atomic E-state index is 9.88. The van der Waals surface area contributed by atoms with Crippen LogP contribution in [0.15, 0.2) is 0 Å². The highest BCUT2D eigenvalue weighted by Gasteiger charge is 2.37. The van der Waals surface area contributed by atoms with E-state index in [1.54, 1.807) is 0 Å². The first-order valence-corrected chi connectivity index (χ1v) is 14.2. The van der Waals surface area contributed by atoms with E-state index < -0.39 is 8.32 Å². The topological polar surface area (TPSA) is 59.8 Å². The first-order chi connectivity index (χ1) is 12.8. The largest absolute Gasteiger partial charge is 0.476 e. The number of aromatic nitrogens is 2. The molecule has 8 heteroatoms. The van der Waals surface area contributed by atoms with Crippen LogP contribution in [-0.4, -0.2) is 60.0 Å². The second kappa shape index (κ2) is 10.7. The molecule has 28 heavy (non-hydrogen) atoms. The molecule has 1 atom stereocenters. The fourth-order valence-corrected chi connectivity index (χ4v) is 4.36. The molecular weight excluding hydrogens is 485 g/mol. The monoisotopic (exact) mass is 525 g/mol. The number of halogens is 1. The number of ether oxygens (including phenoxy) is 1. The Morgan fingerprint density at radius 3 is 2.32 bits per heavy atom. The average molecular weight is 526 g/mol. The van der Waals surface area contributed by atoms with Gasteiger partial charge in [-0.25, -0.2) is 0 Å². The molecule has 6 nitrogen and oxygen atoms in total. The second-order valence-corrected chi connectivity index (χ2v) is 15.1. The maximum absolute atomic E-state index is 9.88. The number of hydrogen-bond donors (Lipinski definition) is 1. The summed E-state index contributed by atoms with van der Waals surface area (Å²) in [4.78, 5) is 2.27. The summed E-state index contributed by atoms with van der Waals surface area (Å²) in [5.74, 6) is 0.686. The summed E-state index contributed by atoms with van der Waals surface area (Å²) >= 11 is 2.33. The zero-order valence-electron chi connectivity index (χ0n) is 19.2. The molecular formula is C20H40IN3O3Si. The van der Waals surface area contributed by atoms with Crippen molar-refractivity contribution in [3.05, 3.63) is 9.26 Å². The van der Waals surface area contributed by atoms with Gasteiger partial charge in [0.05, 0.1) is 35.1 Å². The van der Waals surface area contributed by atoms with Crippen molar-refractivity contribution in [2.75, 3.05) is 19.8 Å². The molecule has 0 fully saturated rings. The van der Waals surface area contributed by atoms with Gasteiger partial charge >= 0.3 is 0 Å². The molecule has 0 aliphatic rings. The van der Waals surface area contributed by atoms with Crippen LogP contribution in [0, 0.1) is 3.57 Å². The van der Waals surface area contributed by atoms with Crippen LogP contribution in [0.3, 0.4) is 0 Å². The van der Waals surface area contributed by atoms with Crippen molar-refractivity contribution in [3.63, 3.8) is 0 Å². The van der Waals surface area contributed by atoms with E-state index in [1.165, 1.54) is 0 Å². The highest BCUT2D eigenvalue weighted by Crippen LogP contribution is 2.36. The van der Waals surface area contributed by atoms with Crippen molar-refractivity contribution in [1.29, 1.82) is 0 Å². The van der Waals surface area contributed by atoms with E-state index in [2.05, 4.69) is 75.2 Å². The minimum absolute atomic E-state index is 0.191. The molecule has 0 saturated heterocycles. The van der Waals surface area contributed by atoms with E-state index in [1.807, 2.05) is 18.5 Å². The molecule has 164 valence electrons. The van der Waals surface area contributed by atoms with Crippen molar-refractivity contribution in [3.8, 4) is 5.88 Å². The van der Waals surface area contributed by atoms with Crippen LogP contribution in [0.5, 0.6) is 5.88 Å². The Balaban J connectivity index is 3.02. The highest BCUT2D eigenvalue weighted by atomic mass is 127. The third kappa shape index (κ3) is 7.27. The van der Waals surface area contributed by atoms with Gasteiger partial charge in [0.25, 0.3) is 0 Å². The van der Waals surface area contributed by atoms with Gasteiger partial charge in [0, 0.05) is 19.1 Å². The molecule has 0 saturated carbocycles. The molecule has 0 amide bonds. The predicted molar refractivity (Wildman–Crippen MR) is 126 cm³/mol. The van der Waals surface area contributed by atoms with Gasteiger partial charge in [-0.1, -0.05) is 20.8 Å². The van der Waals surface area contributed by atoms with Crippen LogP contribution in [0.4, 0.5) is 0 Å².